The molecule has 0 saturated carbocycles. The van der Waals surface area contributed by atoms with Gasteiger partial charge in [0.05, 0.1) is 6.04 Å². The van der Waals surface area contributed by atoms with Gasteiger partial charge in [0, 0.05) is 32.2 Å². The first-order valence-electron chi connectivity index (χ1n) is 5.91. The lowest BCUT2D eigenvalue weighted by atomic mass is 10.1. The summed E-state index contributed by atoms with van der Waals surface area (Å²) in [5.74, 6) is 0.158. The third-order valence-electron chi connectivity index (χ3n) is 2.98. The lowest BCUT2D eigenvalue weighted by Crippen LogP contribution is -2.57. The van der Waals surface area contributed by atoms with E-state index in [1.165, 1.54) is 0 Å². The third kappa shape index (κ3) is 3.47. The van der Waals surface area contributed by atoms with E-state index < -0.39 is 0 Å². The largest absolute Gasteiger partial charge is 0.355 e. The third-order valence-corrected chi connectivity index (χ3v) is 2.98. The quantitative estimate of drug-likeness (QED) is 0.701. The predicted molar refractivity (Wildman–Crippen MR) is 61.8 cm³/mol. The van der Waals surface area contributed by atoms with Crippen LogP contribution in [-0.2, 0) is 4.79 Å². The molecule has 88 valence electrons. The van der Waals surface area contributed by atoms with Crippen molar-refractivity contribution < 1.29 is 4.79 Å². The maximum absolute atomic E-state index is 11.8. The molecule has 4 heteroatoms. The number of rotatable bonds is 4. The van der Waals surface area contributed by atoms with Crippen molar-refractivity contribution in [3.8, 4) is 0 Å². The van der Waals surface area contributed by atoms with E-state index >= 15 is 0 Å². The highest BCUT2D eigenvalue weighted by Gasteiger charge is 2.26. The van der Waals surface area contributed by atoms with Crippen LogP contribution in [-0.4, -0.2) is 49.1 Å². The number of carbonyl (C=O) groups is 1. The van der Waals surface area contributed by atoms with Crippen LogP contribution in [0.4, 0.5) is 0 Å². The molecular weight excluding hydrogens is 190 g/mol. The summed E-state index contributed by atoms with van der Waals surface area (Å²) in [6.07, 6.45) is 0.996. The normalized spacial score (nSPS) is 24.9. The summed E-state index contributed by atoms with van der Waals surface area (Å²) in [5, 5.41) is 6.28. The van der Waals surface area contributed by atoms with Gasteiger partial charge in [0.2, 0.25) is 5.91 Å². The van der Waals surface area contributed by atoms with Crippen LogP contribution in [0.1, 0.15) is 27.2 Å². The first-order valence-corrected chi connectivity index (χ1v) is 5.91. The van der Waals surface area contributed by atoms with Crippen molar-refractivity contribution in [1.29, 1.82) is 0 Å². The predicted octanol–water partition coefficient (Wildman–Crippen LogP) is 0.195. The molecule has 1 aliphatic rings. The molecule has 0 aromatic heterocycles. The zero-order chi connectivity index (χ0) is 11.3. The van der Waals surface area contributed by atoms with Gasteiger partial charge in [-0.25, -0.2) is 0 Å². The van der Waals surface area contributed by atoms with Gasteiger partial charge in [0.1, 0.15) is 0 Å². The van der Waals surface area contributed by atoms with Crippen LogP contribution in [0.15, 0.2) is 0 Å². The summed E-state index contributed by atoms with van der Waals surface area (Å²) in [4.78, 5) is 14.0. The average Bonchev–Trinajstić information content (AvgIpc) is 2.25. The molecule has 0 aliphatic carbocycles. The van der Waals surface area contributed by atoms with Gasteiger partial charge in [-0.2, -0.15) is 0 Å². The zero-order valence-corrected chi connectivity index (χ0v) is 10.0. The maximum atomic E-state index is 11.8. The van der Waals surface area contributed by atoms with Crippen LogP contribution in [0.3, 0.4) is 0 Å². The molecule has 1 amide bonds. The van der Waals surface area contributed by atoms with E-state index in [1.807, 2.05) is 6.92 Å². The minimum Gasteiger partial charge on any atom is -0.355 e. The van der Waals surface area contributed by atoms with Crippen LogP contribution in [0.25, 0.3) is 0 Å². The van der Waals surface area contributed by atoms with Crippen LogP contribution < -0.4 is 10.6 Å². The number of hydrogen-bond acceptors (Lipinski definition) is 3. The van der Waals surface area contributed by atoms with Crippen LogP contribution in [0.2, 0.25) is 0 Å². The summed E-state index contributed by atoms with van der Waals surface area (Å²) in [6.45, 7) is 9.92. The molecule has 2 atom stereocenters. The highest BCUT2D eigenvalue weighted by molar-refractivity contribution is 5.81. The fraction of sp³-hybridized carbons (Fsp3) is 0.909. The lowest BCUT2D eigenvalue weighted by molar-refractivity contribution is -0.127. The molecule has 2 N–H and O–H groups in total. The standard InChI is InChI=1S/C11H23N3O/c1-4-5-13-11(15)10(3)14-7-6-12-8-9(14)2/h9-10,12H,4-8H2,1-3H3,(H,13,15)/t9-,10?/m1/s1. The Morgan fingerprint density at radius 1 is 1.67 bits per heavy atom. The van der Waals surface area contributed by atoms with Gasteiger partial charge in [-0.05, 0) is 20.3 Å². The fourth-order valence-corrected chi connectivity index (χ4v) is 1.98. The monoisotopic (exact) mass is 213 g/mol. The molecule has 1 unspecified atom stereocenters. The zero-order valence-electron chi connectivity index (χ0n) is 10.0. The van der Waals surface area contributed by atoms with Gasteiger partial charge < -0.3 is 10.6 Å². The number of nitrogens with zero attached hydrogens (tertiary/aromatic N) is 1. The van der Waals surface area contributed by atoms with Crippen molar-refractivity contribution >= 4 is 5.91 Å². The van der Waals surface area contributed by atoms with Gasteiger partial charge >= 0.3 is 0 Å². The molecule has 0 radical (unpaired) electrons. The topological polar surface area (TPSA) is 44.4 Å². The first-order chi connectivity index (χ1) is 7.16. The van der Waals surface area contributed by atoms with E-state index in [0.29, 0.717) is 6.04 Å². The van der Waals surface area contributed by atoms with Crippen molar-refractivity contribution in [3.05, 3.63) is 0 Å². The second-order valence-corrected chi connectivity index (χ2v) is 4.26. The van der Waals surface area contributed by atoms with E-state index in [1.54, 1.807) is 0 Å². The van der Waals surface area contributed by atoms with Crippen molar-refractivity contribution in [2.45, 2.75) is 39.3 Å². The van der Waals surface area contributed by atoms with Crippen molar-refractivity contribution in [2.75, 3.05) is 26.2 Å². The van der Waals surface area contributed by atoms with Crippen LogP contribution in [0.5, 0.6) is 0 Å². The van der Waals surface area contributed by atoms with Gasteiger partial charge in [-0.1, -0.05) is 6.92 Å². The Bertz CT molecular complexity index is 208. The molecule has 15 heavy (non-hydrogen) atoms. The van der Waals surface area contributed by atoms with E-state index in [9.17, 15) is 4.79 Å². The molecule has 1 heterocycles. The van der Waals surface area contributed by atoms with E-state index in [2.05, 4.69) is 29.4 Å². The van der Waals surface area contributed by atoms with E-state index in [0.717, 1.165) is 32.6 Å². The van der Waals surface area contributed by atoms with Crippen molar-refractivity contribution in [2.24, 2.45) is 0 Å². The minimum atomic E-state index is -0.00588. The fourth-order valence-electron chi connectivity index (χ4n) is 1.98. The molecule has 1 aliphatic heterocycles. The molecule has 0 aromatic carbocycles. The number of piperazine rings is 1. The molecule has 1 fully saturated rings. The summed E-state index contributed by atoms with van der Waals surface area (Å²) in [7, 11) is 0. The first kappa shape index (κ1) is 12.5. The van der Waals surface area contributed by atoms with Gasteiger partial charge in [0.25, 0.3) is 0 Å². The Labute approximate surface area is 92.4 Å². The molecule has 1 rings (SSSR count). The van der Waals surface area contributed by atoms with Gasteiger partial charge in [0.15, 0.2) is 0 Å². The Morgan fingerprint density at radius 2 is 2.40 bits per heavy atom. The number of amides is 1. The Kier molecular flexibility index (Phi) is 5.05. The molecule has 0 spiro atoms. The van der Waals surface area contributed by atoms with Gasteiger partial charge in [-0.3, -0.25) is 9.69 Å². The van der Waals surface area contributed by atoms with Crippen LogP contribution >= 0.6 is 0 Å². The highest BCUT2D eigenvalue weighted by atomic mass is 16.2. The van der Waals surface area contributed by atoms with Crippen molar-refractivity contribution in [3.63, 3.8) is 0 Å². The van der Waals surface area contributed by atoms with Gasteiger partial charge in [-0.15, -0.1) is 0 Å². The lowest BCUT2D eigenvalue weighted by Gasteiger charge is -2.37. The van der Waals surface area contributed by atoms with Crippen LogP contribution in [0, 0.1) is 0 Å². The average molecular weight is 213 g/mol. The van der Waals surface area contributed by atoms with E-state index in [4.69, 9.17) is 0 Å². The van der Waals surface area contributed by atoms with E-state index in [-0.39, 0.29) is 11.9 Å². The molecule has 4 nitrogen and oxygen atoms in total. The Morgan fingerprint density at radius 3 is 3.00 bits per heavy atom. The summed E-state index contributed by atoms with van der Waals surface area (Å²) >= 11 is 0. The Balaban J connectivity index is 2.42. The molecular formula is C11H23N3O. The summed E-state index contributed by atoms with van der Waals surface area (Å²) < 4.78 is 0. The number of nitrogens with one attached hydrogen (secondary N) is 2. The van der Waals surface area contributed by atoms with Crippen molar-refractivity contribution in [1.82, 2.24) is 15.5 Å². The maximum Gasteiger partial charge on any atom is 0.237 e. The SMILES string of the molecule is CCCNC(=O)C(C)N1CCNC[C@H]1C. The number of hydrogen-bond donors (Lipinski definition) is 2. The summed E-state index contributed by atoms with van der Waals surface area (Å²) in [5.41, 5.74) is 0. The Hall–Kier alpha value is -0.610. The molecule has 0 aromatic rings. The number of carbonyl (C=O) groups excluding carboxylic acids is 1. The molecule has 0 bridgehead atoms. The summed E-state index contributed by atoms with van der Waals surface area (Å²) in [6, 6.07) is 0.440. The highest BCUT2D eigenvalue weighted by Crippen LogP contribution is 2.07. The second kappa shape index (κ2) is 6.08. The minimum absolute atomic E-state index is 0.00588. The smallest absolute Gasteiger partial charge is 0.237 e. The second-order valence-electron chi connectivity index (χ2n) is 4.26. The molecule has 1 saturated heterocycles.